The van der Waals surface area contributed by atoms with Crippen LogP contribution in [0.3, 0.4) is 0 Å². The smallest absolute Gasteiger partial charge is 0.159 e. The third kappa shape index (κ3) is 1.27. The molecule has 1 aromatic rings. The molecule has 0 radical (unpaired) electrons. The van der Waals surface area contributed by atoms with Crippen molar-refractivity contribution in [1.29, 1.82) is 0 Å². The monoisotopic (exact) mass is 206 g/mol. The van der Waals surface area contributed by atoms with E-state index in [-0.39, 0.29) is 12.2 Å². The Kier molecular flexibility index (Phi) is 1.97. The summed E-state index contributed by atoms with van der Waals surface area (Å²) in [5.41, 5.74) is 2.40. The molecule has 3 rings (SSSR count). The van der Waals surface area contributed by atoms with Crippen LogP contribution in [-0.2, 0) is 11.2 Å². The van der Waals surface area contributed by atoms with E-state index in [4.69, 9.17) is 9.47 Å². The maximum atomic E-state index is 9.42. The molecule has 2 heterocycles. The van der Waals surface area contributed by atoms with E-state index in [2.05, 4.69) is 13.0 Å². The molecule has 2 aliphatic rings. The first-order valence-electron chi connectivity index (χ1n) is 5.41. The Morgan fingerprint density at radius 3 is 3.13 bits per heavy atom. The van der Waals surface area contributed by atoms with E-state index in [1.54, 1.807) is 0 Å². The summed E-state index contributed by atoms with van der Waals surface area (Å²) in [6.07, 6.45) is 0.810. The zero-order valence-electron chi connectivity index (χ0n) is 8.64. The molecule has 0 aromatic heterocycles. The van der Waals surface area contributed by atoms with Gasteiger partial charge in [-0.25, -0.2) is 0 Å². The predicted octanol–water partition coefficient (Wildman–Crippen LogP) is 1.79. The van der Waals surface area contributed by atoms with Crippen molar-refractivity contribution >= 4 is 0 Å². The summed E-state index contributed by atoms with van der Waals surface area (Å²) in [6, 6.07) is 6.08. The number of aliphatic hydroxyl groups is 1. The van der Waals surface area contributed by atoms with Crippen LogP contribution in [0.1, 0.15) is 30.6 Å². The second kappa shape index (κ2) is 3.22. The molecule has 1 fully saturated rings. The Morgan fingerprint density at radius 1 is 1.47 bits per heavy atom. The molecule has 3 atom stereocenters. The van der Waals surface area contributed by atoms with Crippen molar-refractivity contribution in [2.75, 3.05) is 0 Å². The van der Waals surface area contributed by atoms with E-state index in [9.17, 15) is 5.11 Å². The zero-order chi connectivity index (χ0) is 10.4. The van der Waals surface area contributed by atoms with E-state index >= 15 is 0 Å². The Bertz CT molecular complexity index is 388. The summed E-state index contributed by atoms with van der Waals surface area (Å²) in [6.45, 7) is 2.12. The van der Waals surface area contributed by atoms with Gasteiger partial charge in [-0.2, -0.15) is 0 Å². The highest BCUT2D eigenvalue weighted by molar-refractivity contribution is 5.46. The molecule has 15 heavy (non-hydrogen) atoms. The molecule has 3 heteroatoms. The van der Waals surface area contributed by atoms with Crippen LogP contribution in [0.25, 0.3) is 0 Å². The SMILES string of the molecule is CCc1cccc2c1[C@@H]1OC(O)C[C@@H]1O2. The lowest BCUT2D eigenvalue weighted by Crippen LogP contribution is -2.12. The largest absolute Gasteiger partial charge is 0.487 e. The molecular formula is C12H14O3. The van der Waals surface area contributed by atoms with Crippen LogP contribution >= 0.6 is 0 Å². The fourth-order valence-corrected chi connectivity index (χ4v) is 2.49. The van der Waals surface area contributed by atoms with Gasteiger partial charge in [0.25, 0.3) is 0 Å². The second-order valence-electron chi connectivity index (χ2n) is 4.09. The summed E-state index contributed by atoms with van der Waals surface area (Å²) in [7, 11) is 0. The minimum atomic E-state index is -0.668. The summed E-state index contributed by atoms with van der Waals surface area (Å²) in [5, 5.41) is 9.42. The molecule has 80 valence electrons. The lowest BCUT2D eigenvalue weighted by molar-refractivity contribution is -0.0922. The Hall–Kier alpha value is -1.06. The number of aryl methyl sites for hydroxylation is 1. The number of ether oxygens (including phenoxy) is 2. The summed E-state index contributed by atoms with van der Waals surface area (Å²) < 4.78 is 11.2. The van der Waals surface area contributed by atoms with Crippen molar-refractivity contribution in [2.24, 2.45) is 0 Å². The maximum Gasteiger partial charge on any atom is 0.159 e. The molecule has 1 aromatic carbocycles. The topological polar surface area (TPSA) is 38.7 Å². The van der Waals surface area contributed by atoms with E-state index in [1.165, 1.54) is 5.56 Å². The molecule has 3 nitrogen and oxygen atoms in total. The third-order valence-electron chi connectivity index (χ3n) is 3.18. The van der Waals surface area contributed by atoms with Gasteiger partial charge in [-0.15, -0.1) is 0 Å². The standard InChI is InChI=1S/C12H14O3/c1-2-7-4-3-5-8-11(7)12-9(14-8)6-10(13)15-12/h3-5,9-10,12-13H,2,6H2,1H3/t9-,10?,12+/m0/s1. The number of fused-ring (bicyclic) bond motifs is 3. The lowest BCUT2D eigenvalue weighted by Gasteiger charge is -2.11. The first-order chi connectivity index (χ1) is 7.29. The van der Waals surface area contributed by atoms with Gasteiger partial charge in [-0.05, 0) is 18.1 Å². The average molecular weight is 206 g/mol. The fourth-order valence-electron chi connectivity index (χ4n) is 2.49. The van der Waals surface area contributed by atoms with Crippen LogP contribution in [0.15, 0.2) is 18.2 Å². The molecule has 1 unspecified atom stereocenters. The first-order valence-corrected chi connectivity index (χ1v) is 5.41. The molecule has 0 spiro atoms. The molecule has 0 aliphatic carbocycles. The van der Waals surface area contributed by atoms with Gasteiger partial charge in [-0.1, -0.05) is 19.1 Å². The van der Waals surface area contributed by atoms with Crippen LogP contribution in [-0.4, -0.2) is 17.5 Å². The van der Waals surface area contributed by atoms with Crippen molar-refractivity contribution in [2.45, 2.75) is 38.3 Å². The Labute approximate surface area is 88.6 Å². The lowest BCUT2D eigenvalue weighted by atomic mass is 9.99. The summed E-state index contributed by atoms with van der Waals surface area (Å²) in [5.74, 6) is 0.927. The van der Waals surface area contributed by atoms with Crippen LogP contribution in [0.5, 0.6) is 5.75 Å². The maximum absolute atomic E-state index is 9.42. The quantitative estimate of drug-likeness (QED) is 0.761. The fraction of sp³-hybridized carbons (Fsp3) is 0.500. The first kappa shape index (κ1) is 9.19. The molecular weight excluding hydrogens is 192 g/mol. The third-order valence-corrected chi connectivity index (χ3v) is 3.18. The molecule has 2 aliphatic heterocycles. The van der Waals surface area contributed by atoms with Crippen LogP contribution in [0.2, 0.25) is 0 Å². The number of rotatable bonds is 1. The average Bonchev–Trinajstić information content (AvgIpc) is 2.72. The molecule has 0 bridgehead atoms. The van der Waals surface area contributed by atoms with Crippen molar-refractivity contribution < 1.29 is 14.6 Å². The minimum Gasteiger partial charge on any atom is -0.487 e. The summed E-state index contributed by atoms with van der Waals surface area (Å²) in [4.78, 5) is 0. The van der Waals surface area contributed by atoms with Crippen molar-refractivity contribution in [3.63, 3.8) is 0 Å². The van der Waals surface area contributed by atoms with Gasteiger partial charge in [0.15, 0.2) is 6.29 Å². The van der Waals surface area contributed by atoms with E-state index in [0.717, 1.165) is 17.7 Å². The van der Waals surface area contributed by atoms with Crippen LogP contribution < -0.4 is 4.74 Å². The van der Waals surface area contributed by atoms with Gasteiger partial charge >= 0.3 is 0 Å². The van der Waals surface area contributed by atoms with Gasteiger partial charge in [0, 0.05) is 12.0 Å². The second-order valence-corrected chi connectivity index (χ2v) is 4.09. The normalized spacial score (nSPS) is 32.3. The Morgan fingerprint density at radius 2 is 2.33 bits per heavy atom. The van der Waals surface area contributed by atoms with Gasteiger partial charge in [0.2, 0.25) is 0 Å². The highest BCUT2D eigenvalue weighted by atomic mass is 16.6. The van der Waals surface area contributed by atoms with Crippen molar-refractivity contribution in [1.82, 2.24) is 0 Å². The minimum absolute atomic E-state index is 0.00250. The zero-order valence-corrected chi connectivity index (χ0v) is 8.64. The van der Waals surface area contributed by atoms with E-state index in [1.807, 2.05) is 12.1 Å². The summed E-state index contributed by atoms with van der Waals surface area (Å²) >= 11 is 0. The van der Waals surface area contributed by atoms with Gasteiger partial charge in [0.1, 0.15) is 18.0 Å². The number of benzene rings is 1. The van der Waals surface area contributed by atoms with E-state index in [0.29, 0.717) is 6.42 Å². The predicted molar refractivity (Wildman–Crippen MR) is 54.7 cm³/mol. The van der Waals surface area contributed by atoms with Gasteiger partial charge in [0.05, 0.1) is 0 Å². The van der Waals surface area contributed by atoms with Crippen molar-refractivity contribution in [3.8, 4) is 5.75 Å². The number of hydrogen-bond donors (Lipinski definition) is 1. The van der Waals surface area contributed by atoms with Crippen LogP contribution in [0.4, 0.5) is 0 Å². The van der Waals surface area contributed by atoms with Crippen LogP contribution in [0, 0.1) is 0 Å². The molecule has 1 saturated heterocycles. The number of aliphatic hydroxyl groups excluding tert-OH is 1. The van der Waals surface area contributed by atoms with Crippen molar-refractivity contribution in [3.05, 3.63) is 29.3 Å². The highest BCUT2D eigenvalue weighted by Crippen LogP contribution is 2.46. The molecule has 0 saturated carbocycles. The molecule has 0 amide bonds. The highest BCUT2D eigenvalue weighted by Gasteiger charge is 2.44. The van der Waals surface area contributed by atoms with Gasteiger partial charge in [-0.3, -0.25) is 0 Å². The van der Waals surface area contributed by atoms with E-state index < -0.39 is 6.29 Å². The molecule has 1 N–H and O–H groups in total. The number of hydrogen-bond acceptors (Lipinski definition) is 3. The van der Waals surface area contributed by atoms with Gasteiger partial charge < -0.3 is 14.6 Å². The Balaban J connectivity index is 2.05.